The molecule has 4 heterocycles. The van der Waals surface area contributed by atoms with E-state index in [4.69, 9.17) is 4.74 Å². The van der Waals surface area contributed by atoms with E-state index in [0.717, 1.165) is 57.8 Å². The van der Waals surface area contributed by atoms with Gasteiger partial charge >= 0.3 is 0 Å². The summed E-state index contributed by atoms with van der Waals surface area (Å²) in [5.41, 5.74) is 2.11. The number of nitrogens with one attached hydrogen (secondary N) is 2. The number of benzene rings is 1. The van der Waals surface area contributed by atoms with E-state index in [0.29, 0.717) is 35.6 Å². The number of rotatable bonds is 4. The average molecular weight is 443 g/mol. The Bertz CT molecular complexity index is 983. The number of pyridine rings is 1. The van der Waals surface area contributed by atoms with Gasteiger partial charge in [-0.2, -0.15) is 0 Å². The van der Waals surface area contributed by atoms with E-state index in [9.17, 15) is 13.6 Å². The Hall–Kier alpha value is -2.58. The van der Waals surface area contributed by atoms with Crippen LogP contribution >= 0.6 is 0 Å². The van der Waals surface area contributed by atoms with E-state index in [2.05, 4.69) is 20.5 Å². The largest absolute Gasteiger partial charge is 0.381 e. The summed E-state index contributed by atoms with van der Waals surface area (Å²) in [5, 5.41) is 6.74. The lowest BCUT2D eigenvalue weighted by molar-refractivity contribution is 0.0696. The highest BCUT2D eigenvalue weighted by Gasteiger charge is 2.41. The monoisotopic (exact) mass is 442 g/mol. The normalized spacial score (nSPS) is 23.8. The Morgan fingerprint density at radius 2 is 1.94 bits per heavy atom. The molecular weight excluding hydrogens is 414 g/mol. The van der Waals surface area contributed by atoms with Gasteiger partial charge in [-0.1, -0.05) is 0 Å². The van der Waals surface area contributed by atoms with Crippen LogP contribution in [0.5, 0.6) is 0 Å². The van der Waals surface area contributed by atoms with Crippen LogP contribution in [0.3, 0.4) is 0 Å². The highest BCUT2D eigenvalue weighted by molar-refractivity contribution is 6.03. The van der Waals surface area contributed by atoms with Gasteiger partial charge in [-0.3, -0.25) is 9.78 Å². The number of carbonyl (C=O) groups excluding carboxylic acids is 1. The molecule has 1 unspecified atom stereocenters. The number of anilines is 1. The van der Waals surface area contributed by atoms with Crippen LogP contribution < -0.4 is 15.5 Å². The van der Waals surface area contributed by atoms with Crippen molar-refractivity contribution < 1.29 is 18.3 Å². The molecule has 3 fully saturated rings. The van der Waals surface area contributed by atoms with Crippen LogP contribution in [-0.2, 0) is 4.74 Å². The molecule has 0 radical (unpaired) electrons. The van der Waals surface area contributed by atoms with E-state index in [1.54, 1.807) is 12.4 Å². The number of nitrogens with zero attached hydrogens (tertiary/aromatic N) is 2. The summed E-state index contributed by atoms with van der Waals surface area (Å²) in [6.45, 7) is 3.75. The molecule has 6 nitrogen and oxygen atoms in total. The fourth-order valence-electron chi connectivity index (χ4n) is 5.27. The highest BCUT2D eigenvalue weighted by Crippen LogP contribution is 2.40. The predicted molar refractivity (Wildman–Crippen MR) is 118 cm³/mol. The zero-order valence-electron chi connectivity index (χ0n) is 18.0. The van der Waals surface area contributed by atoms with Gasteiger partial charge in [-0.25, -0.2) is 8.78 Å². The van der Waals surface area contributed by atoms with Crippen LogP contribution in [0.4, 0.5) is 14.5 Å². The number of hydrogen-bond donors (Lipinski definition) is 2. The molecule has 3 saturated heterocycles. The minimum atomic E-state index is -0.654. The van der Waals surface area contributed by atoms with Crippen molar-refractivity contribution in [2.75, 3.05) is 37.7 Å². The van der Waals surface area contributed by atoms with Crippen molar-refractivity contribution >= 4 is 11.6 Å². The molecule has 1 spiro atoms. The van der Waals surface area contributed by atoms with E-state index in [1.165, 1.54) is 12.1 Å². The van der Waals surface area contributed by atoms with Gasteiger partial charge in [0, 0.05) is 61.9 Å². The van der Waals surface area contributed by atoms with Gasteiger partial charge in [0.1, 0.15) is 11.6 Å². The highest BCUT2D eigenvalue weighted by atomic mass is 19.1. The molecule has 32 heavy (non-hydrogen) atoms. The van der Waals surface area contributed by atoms with Gasteiger partial charge in [0.15, 0.2) is 0 Å². The summed E-state index contributed by atoms with van der Waals surface area (Å²) in [5.74, 6) is -1.52. The van der Waals surface area contributed by atoms with E-state index < -0.39 is 11.6 Å². The van der Waals surface area contributed by atoms with Crippen LogP contribution in [0.1, 0.15) is 42.5 Å². The maximum Gasteiger partial charge on any atom is 0.255 e. The summed E-state index contributed by atoms with van der Waals surface area (Å²) in [7, 11) is 0. The van der Waals surface area contributed by atoms with Crippen molar-refractivity contribution in [2.24, 2.45) is 0 Å². The lowest BCUT2D eigenvalue weighted by Gasteiger charge is -2.29. The zero-order chi connectivity index (χ0) is 22.1. The molecule has 1 amide bonds. The van der Waals surface area contributed by atoms with Crippen molar-refractivity contribution in [3.63, 3.8) is 0 Å². The van der Waals surface area contributed by atoms with Crippen molar-refractivity contribution in [3.05, 3.63) is 47.8 Å². The summed E-state index contributed by atoms with van der Waals surface area (Å²) < 4.78 is 33.5. The summed E-state index contributed by atoms with van der Waals surface area (Å²) >= 11 is 0. The first-order chi connectivity index (χ1) is 15.5. The van der Waals surface area contributed by atoms with Crippen molar-refractivity contribution in [3.8, 4) is 11.1 Å². The van der Waals surface area contributed by atoms with Crippen molar-refractivity contribution in [1.82, 2.24) is 15.6 Å². The Labute approximate surface area is 186 Å². The molecule has 2 N–H and O–H groups in total. The third-order valence-electron chi connectivity index (χ3n) is 6.89. The van der Waals surface area contributed by atoms with Crippen LogP contribution in [0.25, 0.3) is 11.1 Å². The molecule has 0 bridgehead atoms. The number of aromatic nitrogens is 1. The molecule has 1 atom stereocenters. The Morgan fingerprint density at radius 3 is 2.66 bits per heavy atom. The molecule has 2 aromatic rings. The number of hydrogen-bond acceptors (Lipinski definition) is 5. The Kier molecular flexibility index (Phi) is 5.82. The fourth-order valence-corrected chi connectivity index (χ4v) is 5.27. The first-order valence-corrected chi connectivity index (χ1v) is 11.4. The van der Waals surface area contributed by atoms with Crippen LogP contribution in [0.2, 0.25) is 0 Å². The lowest BCUT2D eigenvalue weighted by Crippen LogP contribution is -2.43. The average Bonchev–Trinajstić information content (AvgIpc) is 3.43. The predicted octanol–water partition coefficient (Wildman–Crippen LogP) is 3.27. The lowest BCUT2D eigenvalue weighted by atomic mass is 9.96. The standard InChI is InChI=1S/C24H28F2N4O2/c25-17-10-16(11-18(26)12-17)20-13-27-14-21(23(31)29-19-2-8-32-9-3-19)22(20)30-7-5-24(15-30)4-1-6-28-24/h10-14,19,28H,1-9,15H2,(H,29,31). The molecule has 0 saturated carbocycles. The van der Waals surface area contributed by atoms with E-state index in [-0.39, 0.29) is 17.5 Å². The van der Waals surface area contributed by atoms with Gasteiger partial charge in [0.2, 0.25) is 0 Å². The molecule has 5 rings (SSSR count). The summed E-state index contributed by atoms with van der Waals surface area (Å²) in [6, 6.07) is 3.49. The van der Waals surface area contributed by atoms with Gasteiger partial charge in [0.05, 0.1) is 11.3 Å². The number of ether oxygens (including phenoxy) is 1. The second kappa shape index (κ2) is 8.75. The Morgan fingerprint density at radius 1 is 1.16 bits per heavy atom. The minimum absolute atomic E-state index is 0.0299. The summed E-state index contributed by atoms with van der Waals surface area (Å²) in [6.07, 6.45) is 7.87. The zero-order valence-corrected chi connectivity index (χ0v) is 18.0. The van der Waals surface area contributed by atoms with E-state index >= 15 is 0 Å². The second-order valence-electron chi connectivity index (χ2n) is 9.08. The van der Waals surface area contributed by atoms with Gasteiger partial charge in [-0.15, -0.1) is 0 Å². The van der Waals surface area contributed by atoms with Crippen molar-refractivity contribution in [1.29, 1.82) is 0 Å². The SMILES string of the molecule is O=C(NC1CCOCC1)c1cncc(-c2cc(F)cc(F)c2)c1N1CCC2(CCCN2)C1. The van der Waals surface area contributed by atoms with Crippen molar-refractivity contribution in [2.45, 2.75) is 43.7 Å². The molecule has 8 heteroatoms. The molecule has 1 aromatic carbocycles. The summed E-state index contributed by atoms with van der Waals surface area (Å²) in [4.78, 5) is 19.8. The molecule has 170 valence electrons. The third-order valence-corrected chi connectivity index (χ3v) is 6.89. The molecular formula is C24H28F2N4O2. The second-order valence-corrected chi connectivity index (χ2v) is 9.08. The number of amides is 1. The van der Waals surface area contributed by atoms with Gasteiger partial charge < -0.3 is 20.3 Å². The molecule has 3 aliphatic heterocycles. The maximum absolute atomic E-state index is 14.1. The first kappa shape index (κ1) is 21.3. The topological polar surface area (TPSA) is 66.5 Å². The fraction of sp³-hybridized carbons (Fsp3) is 0.500. The van der Waals surface area contributed by atoms with E-state index in [1.807, 2.05) is 0 Å². The Balaban J connectivity index is 1.54. The third kappa shape index (κ3) is 4.21. The molecule has 1 aromatic heterocycles. The smallest absolute Gasteiger partial charge is 0.255 e. The van der Waals surface area contributed by atoms with Crippen LogP contribution in [-0.4, -0.2) is 55.3 Å². The van der Waals surface area contributed by atoms with Gasteiger partial charge in [0.25, 0.3) is 5.91 Å². The minimum Gasteiger partial charge on any atom is -0.381 e. The van der Waals surface area contributed by atoms with Crippen LogP contribution in [0, 0.1) is 11.6 Å². The maximum atomic E-state index is 14.1. The van der Waals surface area contributed by atoms with Gasteiger partial charge in [-0.05, 0) is 56.3 Å². The molecule has 3 aliphatic rings. The van der Waals surface area contributed by atoms with Crippen LogP contribution in [0.15, 0.2) is 30.6 Å². The quantitative estimate of drug-likeness (QED) is 0.761. The number of halogens is 2. The number of carbonyl (C=O) groups is 1. The first-order valence-electron chi connectivity index (χ1n) is 11.4. The molecule has 0 aliphatic carbocycles.